The lowest BCUT2D eigenvalue weighted by Gasteiger charge is -2.17. The van der Waals surface area contributed by atoms with Crippen LogP contribution in [0.2, 0.25) is 0 Å². The third-order valence-corrected chi connectivity index (χ3v) is 2.57. The first-order valence-corrected chi connectivity index (χ1v) is 5.67. The van der Waals surface area contributed by atoms with E-state index in [0.29, 0.717) is 17.1 Å². The molecular weight excluding hydrogens is 236 g/mol. The molecule has 0 amide bonds. The molecular formula is C13H18O5. The second-order valence-electron chi connectivity index (χ2n) is 3.60. The summed E-state index contributed by atoms with van der Waals surface area (Å²) >= 11 is 0. The van der Waals surface area contributed by atoms with Crippen molar-refractivity contribution in [3.8, 4) is 11.5 Å². The lowest BCUT2D eigenvalue weighted by Crippen LogP contribution is -2.20. The molecule has 1 aromatic rings. The fraction of sp³-hybridized carbons (Fsp3) is 0.462. The van der Waals surface area contributed by atoms with Gasteiger partial charge in [-0.3, -0.25) is 4.79 Å². The van der Waals surface area contributed by atoms with E-state index in [4.69, 9.17) is 14.2 Å². The lowest BCUT2D eigenvalue weighted by molar-refractivity contribution is -0.146. The molecule has 0 saturated carbocycles. The Bertz CT molecular complexity index is 402. The molecule has 0 spiro atoms. The average molecular weight is 254 g/mol. The first kappa shape index (κ1) is 14.3. The minimum absolute atomic E-state index is 0.265. The molecule has 5 nitrogen and oxygen atoms in total. The molecule has 1 atom stereocenters. The summed E-state index contributed by atoms with van der Waals surface area (Å²) in [5, 5.41) is 9.36. The van der Waals surface area contributed by atoms with Crippen LogP contribution in [0.15, 0.2) is 18.2 Å². The Hall–Kier alpha value is -1.75. The van der Waals surface area contributed by atoms with Crippen LogP contribution in [0.5, 0.6) is 11.5 Å². The van der Waals surface area contributed by atoms with Crippen molar-refractivity contribution >= 4 is 5.97 Å². The van der Waals surface area contributed by atoms with E-state index in [1.54, 1.807) is 25.1 Å². The SMILES string of the molecule is CCOC(=O)C(CO)c1cc(OC)ccc1OC. The molecule has 0 radical (unpaired) electrons. The van der Waals surface area contributed by atoms with Crippen molar-refractivity contribution in [1.82, 2.24) is 0 Å². The molecule has 5 heteroatoms. The number of rotatable bonds is 6. The zero-order valence-electron chi connectivity index (χ0n) is 10.8. The Morgan fingerprint density at radius 3 is 2.56 bits per heavy atom. The fourth-order valence-electron chi connectivity index (χ4n) is 1.65. The number of aliphatic hydroxyl groups excluding tert-OH is 1. The van der Waals surface area contributed by atoms with E-state index >= 15 is 0 Å². The summed E-state index contributed by atoms with van der Waals surface area (Å²) in [7, 11) is 3.04. The van der Waals surface area contributed by atoms with Crippen LogP contribution in [0.25, 0.3) is 0 Å². The number of ether oxygens (including phenoxy) is 3. The monoisotopic (exact) mass is 254 g/mol. The van der Waals surface area contributed by atoms with Gasteiger partial charge in [0.1, 0.15) is 17.4 Å². The highest BCUT2D eigenvalue weighted by Crippen LogP contribution is 2.31. The number of hydrogen-bond acceptors (Lipinski definition) is 5. The Morgan fingerprint density at radius 1 is 1.33 bits per heavy atom. The Labute approximate surface area is 106 Å². The molecule has 1 rings (SSSR count). The van der Waals surface area contributed by atoms with Gasteiger partial charge in [-0.25, -0.2) is 0 Å². The van der Waals surface area contributed by atoms with Crippen molar-refractivity contribution in [3.63, 3.8) is 0 Å². The summed E-state index contributed by atoms with van der Waals surface area (Å²) in [5.41, 5.74) is 0.554. The van der Waals surface area contributed by atoms with Crippen LogP contribution in [0, 0.1) is 0 Å². The lowest BCUT2D eigenvalue weighted by atomic mass is 9.98. The van der Waals surface area contributed by atoms with Crippen LogP contribution in [0.1, 0.15) is 18.4 Å². The molecule has 18 heavy (non-hydrogen) atoms. The number of methoxy groups -OCH3 is 2. The van der Waals surface area contributed by atoms with Crippen molar-refractivity contribution in [2.45, 2.75) is 12.8 Å². The molecule has 0 fully saturated rings. The summed E-state index contributed by atoms with van der Waals surface area (Å²) in [6.07, 6.45) is 0. The highest BCUT2D eigenvalue weighted by molar-refractivity contribution is 5.79. The van der Waals surface area contributed by atoms with Gasteiger partial charge in [-0.2, -0.15) is 0 Å². The number of benzene rings is 1. The zero-order valence-corrected chi connectivity index (χ0v) is 10.8. The molecule has 1 unspecified atom stereocenters. The average Bonchev–Trinajstić information content (AvgIpc) is 2.39. The summed E-state index contributed by atoms with van der Waals surface area (Å²) in [4.78, 5) is 11.8. The second kappa shape index (κ2) is 6.86. The molecule has 0 aliphatic rings. The van der Waals surface area contributed by atoms with Crippen LogP contribution >= 0.6 is 0 Å². The van der Waals surface area contributed by atoms with Crippen molar-refractivity contribution in [2.75, 3.05) is 27.4 Å². The Balaban J connectivity index is 3.13. The van der Waals surface area contributed by atoms with Gasteiger partial charge >= 0.3 is 5.97 Å². The summed E-state index contributed by atoms with van der Waals surface area (Å²) in [6.45, 7) is 1.64. The molecule has 0 aliphatic carbocycles. The van der Waals surface area contributed by atoms with E-state index in [0.717, 1.165) is 0 Å². The number of carbonyl (C=O) groups is 1. The zero-order chi connectivity index (χ0) is 13.5. The molecule has 0 saturated heterocycles. The van der Waals surface area contributed by atoms with Gasteiger partial charge in [0.05, 0.1) is 27.4 Å². The molecule has 1 N–H and O–H groups in total. The first-order chi connectivity index (χ1) is 8.67. The van der Waals surface area contributed by atoms with Crippen molar-refractivity contribution < 1.29 is 24.1 Å². The highest BCUT2D eigenvalue weighted by Gasteiger charge is 2.25. The Morgan fingerprint density at radius 2 is 2.06 bits per heavy atom. The largest absolute Gasteiger partial charge is 0.497 e. The van der Waals surface area contributed by atoms with Gasteiger partial charge in [0.25, 0.3) is 0 Å². The van der Waals surface area contributed by atoms with Crippen molar-refractivity contribution in [1.29, 1.82) is 0 Å². The predicted octanol–water partition coefficient (Wildman–Crippen LogP) is 1.34. The van der Waals surface area contributed by atoms with E-state index in [1.165, 1.54) is 14.2 Å². The van der Waals surface area contributed by atoms with Crippen molar-refractivity contribution in [3.05, 3.63) is 23.8 Å². The number of carbonyl (C=O) groups excluding carboxylic acids is 1. The number of esters is 1. The minimum Gasteiger partial charge on any atom is -0.497 e. The van der Waals surface area contributed by atoms with Gasteiger partial charge < -0.3 is 19.3 Å². The van der Waals surface area contributed by atoms with Crippen LogP contribution in [-0.4, -0.2) is 38.5 Å². The Kier molecular flexibility index (Phi) is 5.45. The van der Waals surface area contributed by atoms with Gasteiger partial charge in [-0.05, 0) is 25.1 Å². The number of hydrogen-bond donors (Lipinski definition) is 1. The molecule has 0 aromatic heterocycles. The van der Waals surface area contributed by atoms with Crippen LogP contribution in [0.3, 0.4) is 0 Å². The summed E-state index contributed by atoms with van der Waals surface area (Å²) in [6, 6.07) is 5.08. The van der Waals surface area contributed by atoms with E-state index in [1.807, 2.05) is 0 Å². The topological polar surface area (TPSA) is 65.0 Å². The molecule has 0 aliphatic heterocycles. The van der Waals surface area contributed by atoms with Crippen LogP contribution < -0.4 is 9.47 Å². The van der Waals surface area contributed by atoms with Gasteiger partial charge in [-0.1, -0.05) is 0 Å². The summed E-state index contributed by atoms with van der Waals surface area (Å²) in [5.74, 6) is -0.141. The van der Waals surface area contributed by atoms with E-state index in [9.17, 15) is 9.90 Å². The maximum atomic E-state index is 11.8. The van der Waals surface area contributed by atoms with Crippen molar-refractivity contribution in [2.24, 2.45) is 0 Å². The third kappa shape index (κ3) is 3.13. The van der Waals surface area contributed by atoms with Gasteiger partial charge in [0.2, 0.25) is 0 Å². The highest BCUT2D eigenvalue weighted by atomic mass is 16.5. The summed E-state index contributed by atoms with van der Waals surface area (Å²) < 4.78 is 15.2. The van der Waals surface area contributed by atoms with E-state index in [2.05, 4.69) is 0 Å². The molecule has 1 aromatic carbocycles. The van der Waals surface area contributed by atoms with Crippen LogP contribution in [-0.2, 0) is 9.53 Å². The predicted molar refractivity (Wildman–Crippen MR) is 66.0 cm³/mol. The standard InChI is InChI=1S/C13H18O5/c1-4-18-13(15)11(8-14)10-7-9(16-2)5-6-12(10)17-3/h5-7,11,14H,4,8H2,1-3H3. The van der Waals surface area contributed by atoms with E-state index in [-0.39, 0.29) is 13.2 Å². The normalized spacial score (nSPS) is 11.8. The minimum atomic E-state index is -0.769. The quantitative estimate of drug-likeness (QED) is 0.776. The van der Waals surface area contributed by atoms with Gasteiger partial charge in [0.15, 0.2) is 0 Å². The third-order valence-electron chi connectivity index (χ3n) is 2.57. The first-order valence-electron chi connectivity index (χ1n) is 5.67. The maximum Gasteiger partial charge on any atom is 0.315 e. The molecule has 0 heterocycles. The van der Waals surface area contributed by atoms with Gasteiger partial charge in [0, 0.05) is 5.56 Å². The maximum absolute atomic E-state index is 11.8. The smallest absolute Gasteiger partial charge is 0.315 e. The van der Waals surface area contributed by atoms with Crippen LogP contribution in [0.4, 0.5) is 0 Å². The van der Waals surface area contributed by atoms with Gasteiger partial charge in [-0.15, -0.1) is 0 Å². The second-order valence-corrected chi connectivity index (χ2v) is 3.60. The molecule has 100 valence electrons. The number of aliphatic hydroxyl groups is 1. The van der Waals surface area contributed by atoms with E-state index < -0.39 is 11.9 Å². The molecule has 0 bridgehead atoms. The fourth-order valence-corrected chi connectivity index (χ4v) is 1.65.